The fourth-order valence-electron chi connectivity index (χ4n) is 1.49. The van der Waals surface area contributed by atoms with Gasteiger partial charge in [0.15, 0.2) is 4.34 Å². The van der Waals surface area contributed by atoms with Gasteiger partial charge in [-0.05, 0) is 25.5 Å². The van der Waals surface area contributed by atoms with E-state index in [4.69, 9.17) is 4.74 Å². The zero-order valence-electron chi connectivity index (χ0n) is 11.8. The number of hydrogen-bond donors (Lipinski definition) is 1. The second-order valence-electron chi connectivity index (χ2n) is 4.31. The van der Waals surface area contributed by atoms with Gasteiger partial charge in [-0.25, -0.2) is 0 Å². The van der Waals surface area contributed by atoms with Crippen LogP contribution in [0.5, 0.6) is 5.75 Å². The Morgan fingerprint density at radius 1 is 1.25 bits per heavy atom. The van der Waals surface area contributed by atoms with E-state index in [1.54, 1.807) is 23.1 Å². The summed E-state index contributed by atoms with van der Waals surface area (Å²) >= 11 is 3.27. The highest BCUT2D eigenvalue weighted by Gasteiger charge is 2.04. The van der Waals surface area contributed by atoms with Crippen LogP contribution in [0.2, 0.25) is 0 Å². The largest absolute Gasteiger partial charge is 0.493 e. The van der Waals surface area contributed by atoms with Crippen LogP contribution in [0.4, 0.5) is 5.13 Å². The lowest BCUT2D eigenvalue weighted by Gasteiger charge is -2.04. The minimum atomic E-state index is 0.672. The van der Waals surface area contributed by atoms with E-state index in [2.05, 4.69) is 41.5 Å². The number of aromatic nitrogens is 2. The highest BCUT2D eigenvalue weighted by atomic mass is 32.2. The van der Waals surface area contributed by atoms with Gasteiger partial charge < -0.3 is 10.1 Å². The summed E-state index contributed by atoms with van der Waals surface area (Å²) in [5, 5.41) is 12.4. The molecule has 1 aromatic heterocycles. The summed E-state index contributed by atoms with van der Waals surface area (Å²) in [5.41, 5.74) is 1.24. The molecular weight excluding hydrogens is 290 g/mol. The van der Waals surface area contributed by atoms with Crippen LogP contribution < -0.4 is 10.1 Å². The predicted octanol–water partition coefficient (Wildman–Crippen LogP) is 3.84. The first-order chi connectivity index (χ1) is 9.78. The molecule has 0 fully saturated rings. The molecule has 0 spiro atoms. The summed E-state index contributed by atoms with van der Waals surface area (Å²) < 4.78 is 6.66. The van der Waals surface area contributed by atoms with E-state index >= 15 is 0 Å². The van der Waals surface area contributed by atoms with E-state index in [1.807, 2.05) is 12.1 Å². The third kappa shape index (κ3) is 5.02. The van der Waals surface area contributed by atoms with Gasteiger partial charge in [-0.15, -0.1) is 10.2 Å². The number of nitrogens with one attached hydrogen (secondary N) is 1. The summed E-state index contributed by atoms with van der Waals surface area (Å²) in [6.07, 6.45) is 1.09. The summed E-state index contributed by atoms with van der Waals surface area (Å²) in [6.45, 7) is 5.81. The third-order valence-electron chi connectivity index (χ3n) is 2.53. The van der Waals surface area contributed by atoms with Crippen molar-refractivity contribution >= 4 is 28.2 Å². The first kappa shape index (κ1) is 15.1. The van der Waals surface area contributed by atoms with Crippen LogP contribution in [0.3, 0.4) is 0 Å². The quantitative estimate of drug-likeness (QED) is 0.593. The van der Waals surface area contributed by atoms with E-state index in [-0.39, 0.29) is 0 Å². The molecular formula is C14H19N3OS2. The first-order valence-corrected chi connectivity index (χ1v) is 8.48. The number of benzene rings is 1. The maximum Gasteiger partial charge on any atom is 0.206 e. The van der Waals surface area contributed by atoms with Crippen LogP contribution in [0.25, 0.3) is 0 Å². The topological polar surface area (TPSA) is 47.0 Å². The lowest BCUT2D eigenvalue weighted by Crippen LogP contribution is -1.99. The standard InChI is InChI=1S/C14H19N3OS2/c1-3-8-15-13-16-17-14(20-13)19-10-9-18-12-6-4-11(2)5-7-12/h4-7H,3,8-10H2,1-2H3,(H,15,16). The van der Waals surface area contributed by atoms with Gasteiger partial charge in [0.1, 0.15) is 5.75 Å². The number of thioether (sulfide) groups is 1. The number of aryl methyl sites for hydroxylation is 1. The van der Waals surface area contributed by atoms with Crippen molar-refractivity contribution in [1.29, 1.82) is 0 Å². The number of rotatable bonds is 8. The summed E-state index contributed by atoms with van der Waals surface area (Å²) in [6, 6.07) is 8.10. The van der Waals surface area contributed by atoms with Gasteiger partial charge in [-0.2, -0.15) is 0 Å². The molecule has 0 aliphatic rings. The normalized spacial score (nSPS) is 10.5. The molecule has 0 amide bonds. The summed E-state index contributed by atoms with van der Waals surface area (Å²) in [5.74, 6) is 1.79. The molecule has 108 valence electrons. The summed E-state index contributed by atoms with van der Waals surface area (Å²) in [4.78, 5) is 0. The van der Waals surface area contributed by atoms with Gasteiger partial charge in [-0.3, -0.25) is 0 Å². The minimum Gasteiger partial charge on any atom is -0.493 e. The van der Waals surface area contributed by atoms with Gasteiger partial charge in [0.25, 0.3) is 0 Å². The van der Waals surface area contributed by atoms with E-state index in [0.29, 0.717) is 6.61 Å². The van der Waals surface area contributed by atoms with Crippen molar-refractivity contribution in [2.45, 2.75) is 24.6 Å². The molecule has 0 aliphatic carbocycles. The molecule has 1 N–H and O–H groups in total. The van der Waals surface area contributed by atoms with Crippen molar-refractivity contribution in [1.82, 2.24) is 10.2 Å². The fraction of sp³-hybridized carbons (Fsp3) is 0.429. The maximum absolute atomic E-state index is 5.67. The van der Waals surface area contributed by atoms with Crippen LogP contribution in [0.15, 0.2) is 28.6 Å². The molecule has 0 saturated carbocycles. The number of anilines is 1. The molecule has 4 nitrogen and oxygen atoms in total. The zero-order chi connectivity index (χ0) is 14.2. The highest BCUT2D eigenvalue weighted by molar-refractivity contribution is 8.01. The molecule has 0 atom stereocenters. The Labute approximate surface area is 128 Å². The number of hydrogen-bond acceptors (Lipinski definition) is 6. The van der Waals surface area contributed by atoms with Crippen molar-refractivity contribution in [2.24, 2.45) is 0 Å². The second kappa shape index (κ2) is 8.11. The average Bonchev–Trinajstić information content (AvgIpc) is 2.91. The smallest absolute Gasteiger partial charge is 0.206 e. The van der Waals surface area contributed by atoms with E-state index in [0.717, 1.165) is 33.9 Å². The Balaban J connectivity index is 1.67. The van der Waals surface area contributed by atoms with Crippen LogP contribution in [0, 0.1) is 6.92 Å². The Morgan fingerprint density at radius 2 is 2.05 bits per heavy atom. The first-order valence-electron chi connectivity index (χ1n) is 6.67. The van der Waals surface area contributed by atoms with E-state index < -0.39 is 0 Å². The zero-order valence-corrected chi connectivity index (χ0v) is 13.4. The van der Waals surface area contributed by atoms with Gasteiger partial charge in [0.05, 0.1) is 6.61 Å². The Hall–Kier alpha value is -1.27. The Morgan fingerprint density at radius 3 is 2.80 bits per heavy atom. The minimum absolute atomic E-state index is 0.672. The molecule has 1 heterocycles. The predicted molar refractivity (Wildman–Crippen MR) is 86.1 cm³/mol. The molecule has 20 heavy (non-hydrogen) atoms. The molecule has 0 radical (unpaired) electrons. The van der Waals surface area contributed by atoms with E-state index in [9.17, 15) is 0 Å². The van der Waals surface area contributed by atoms with Crippen LogP contribution in [0.1, 0.15) is 18.9 Å². The molecule has 6 heteroatoms. The third-order valence-corrected chi connectivity index (χ3v) is 4.51. The van der Waals surface area contributed by atoms with Crippen molar-refractivity contribution in [2.75, 3.05) is 24.2 Å². The monoisotopic (exact) mass is 309 g/mol. The number of ether oxygens (including phenoxy) is 1. The van der Waals surface area contributed by atoms with Crippen molar-refractivity contribution in [3.05, 3.63) is 29.8 Å². The molecule has 0 bridgehead atoms. The van der Waals surface area contributed by atoms with Gasteiger partial charge in [0, 0.05) is 12.3 Å². The lowest BCUT2D eigenvalue weighted by atomic mass is 10.2. The molecule has 0 saturated heterocycles. The number of nitrogens with zero attached hydrogens (tertiary/aromatic N) is 2. The SMILES string of the molecule is CCCNc1nnc(SCCOc2ccc(C)cc2)s1. The maximum atomic E-state index is 5.67. The molecule has 1 aromatic carbocycles. The Bertz CT molecular complexity index is 513. The van der Waals surface area contributed by atoms with Crippen LogP contribution >= 0.6 is 23.1 Å². The average molecular weight is 309 g/mol. The summed E-state index contributed by atoms with van der Waals surface area (Å²) in [7, 11) is 0. The highest BCUT2D eigenvalue weighted by Crippen LogP contribution is 2.25. The van der Waals surface area contributed by atoms with Gasteiger partial charge in [-0.1, -0.05) is 47.7 Å². The van der Waals surface area contributed by atoms with Crippen LogP contribution in [-0.2, 0) is 0 Å². The molecule has 0 aliphatic heterocycles. The fourth-order valence-corrected chi connectivity index (χ4v) is 3.16. The van der Waals surface area contributed by atoms with Gasteiger partial charge in [0.2, 0.25) is 5.13 Å². The van der Waals surface area contributed by atoms with Crippen molar-refractivity contribution in [3.63, 3.8) is 0 Å². The lowest BCUT2D eigenvalue weighted by molar-refractivity contribution is 0.344. The molecule has 0 unspecified atom stereocenters. The molecule has 2 aromatic rings. The van der Waals surface area contributed by atoms with Gasteiger partial charge >= 0.3 is 0 Å². The Kier molecular flexibility index (Phi) is 6.14. The van der Waals surface area contributed by atoms with Crippen molar-refractivity contribution < 1.29 is 4.74 Å². The van der Waals surface area contributed by atoms with E-state index in [1.165, 1.54) is 5.56 Å². The molecule has 2 rings (SSSR count). The van der Waals surface area contributed by atoms with Crippen molar-refractivity contribution in [3.8, 4) is 5.75 Å². The van der Waals surface area contributed by atoms with Crippen LogP contribution in [-0.4, -0.2) is 29.1 Å². The second-order valence-corrected chi connectivity index (χ2v) is 6.63.